The van der Waals surface area contributed by atoms with Gasteiger partial charge in [0.1, 0.15) is 0 Å². The molecule has 0 spiro atoms. The maximum Gasteiger partial charge on any atom is 0.224 e. The largest absolute Gasteiger partial charge is 0.394 e. The molecule has 2 aromatic carbocycles. The summed E-state index contributed by atoms with van der Waals surface area (Å²) < 4.78 is 25.9. The first kappa shape index (κ1) is 16.1. The molecule has 0 aliphatic carbocycles. The van der Waals surface area contributed by atoms with Crippen LogP contribution in [-0.4, -0.2) is 23.7 Å². The van der Waals surface area contributed by atoms with Crippen LogP contribution in [0.3, 0.4) is 0 Å². The molecule has 0 aliphatic rings. The minimum absolute atomic E-state index is 0.0670. The van der Waals surface area contributed by atoms with Crippen LogP contribution in [0.4, 0.5) is 8.78 Å². The van der Waals surface area contributed by atoms with E-state index in [0.29, 0.717) is 12.0 Å². The first-order chi connectivity index (χ1) is 10.6. The number of carbonyl (C=O) groups is 1. The van der Waals surface area contributed by atoms with Gasteiger partial charge in [0.2, 0.25) is 5.91 Å². The third kappa shape index (κ3) is 4.63. The highest BCUT2D eigenvalue weighted by atomic mass is 19.2. The standard InChI is InChI=1S/C17H17F2NO2/c18-15-7-6-13(9-16(15)19)10-17(22)20-14(11-21)8-12-4-2-1-3-5-12/h1-7,9,14,21H,8,10-11H2,(H,20,22). The molecule has 0 saturated carbocycles. The quantitative estimate of drug-likeness (QED) is 0.860. The van der Waals surface area contributed by atoms with Crippen LogP contribution in [0.25, 0.3) is 0 Å². The molecular formula is C17H17F2NO2. The molecular weight excluding hydrogens is 288 g/mol. The molecule has 0 aromatic heterocycles. The van der Waals surface area contributed by atoms with Crippen LogP contribution < -0.4 is 5.32 Å². The fraction of sp³-hybridized carbons (Fsp3) is 0.235. The average Bonchev–Trinajstić information content (AvgIpc) is 2.51. The van der Waals surface area contributed by atoms with E-state index in [2.05, 4.69) is 5.32 Å². The number of aliphatic hydroxyl groups is 1. The van der Waals surface area contributed by atoms with Crippen molar-refractivity contribution in [3.05, 3.63) is 71.3 Å². The molecule has 2 N–H and O–H groups in total. The van der Waals surface area contributed by atoms with E-state index in [1.165, 1.54) is 6.07 Å². The first-order valence-corrected chi connectivity index (χ1v) is 6.96. The van der Waals surface area contributed by atoms with Crippen molar-refractivity contribution in [2.24, 2.45) is 0 Å². The SMILES string of the molecule is O=C(Cc1ccc(F)c(F)c1)NC(CO)Cc1ccccc1. The molecule has 1 atom stereocenters. The summed E-state index contributed by atoms with van der Waals surface area (Å²) in [6, 6.07) is 12.4. The fourth-order valence-electron chi connectivity index (χ4n) is 2.17. The second kappa shape index (κ2) is 7.66. The second-order valence-electron chi connectivity index (χ2n) is 5.06. The number of amides is 1. The summed E-state index contributed by atoms with van der Waals surface area (Å²) in [4.78, 5) is 11.9. The van der Waals surface area contributed by atoms with E-state index in [1.54, 1.807) is 0 Å². The summed E-state index contributed by atoms with van der Waals surface area (Å²) in [5.74, 6) is -2.27. The zero-order valence-electron chi connectivity index (χ0n) is 11.9. The Morgan fingerprint density at radius 3 is 2.41 bits per heavy atom. The average molecular weight is 305 g/mol. The zero-order chi connectivity index (χ0) is 15.9. The predicted octanol–water partition coefficient (Wildman–Crippen LogP) is 2.23. The van der Waals surface area contributed by atoms with Gasteiger partial charge in [0.15, 0.2) is 11.6 Å². The normalized spacial score (nSPS) is 12.0. The van der Waals surface area contributed by atoms with Crippen LogP contribution in [0.1, 0.15) is 11.1 Å². The van der Waals surface area contributed by atoms with Crippen molar-refractivity contribution >= 4 is 5.91 Å². The van der Waals surface area contributed by atoms with Crippen LogP contribution in [0.15, 0.2) is 48.5 Å². The molecule has 1 amide bonds. The van der Waals surface area contributed by atoms with E-state index in [9.17, 15) is 18.7 Å². The summed E-state index contributed by atoms with van der Waals surface area (Å²) >= 11 is 0. The maximum atomic E-state index is 13.1. The lowest BCUT2D eigenvalue weighted by Gasteiger charge is -2.16. The van der Waals surface area contributed by atoms with Crippen molar-refractivity contribution in [2.45, 2.75) is 18.9 Å². The van der Waals surface area contributed by atoms with Gasteiger partial charge in [-0.05, 0) is 29.7 Å². The van der Waals surface area contributed by atoms with E-state index in [0.717, 1.165) is 17.7 Å². The Labute approximate surface area is 127 Å². The molecule has 0 radical (unpaired) electrons. The first-order valence-electron chi connectivity index (χ1n) is 6.96. The van der Waals surface area contributed by atoms with Crippen molar-refractivity contribution in [1.29, 1.82) is 0 Å². The van der Waals surface area contributed by atoms with Crippen molar-refractivity contribution in [1.82, 2.24) is 5.32 Å². The minimum Gasteiger partial charge on any atom is -0.394 e. The lowest BCUT2D eigenvalue weighted by atomic mass is 10.1. The second-order valence-corrected chi connectivity index (χ2v) is 5.06. The highest BCUT2D eigenvalue weighted by Gasteiger charge is 2.13. The Bertz CT molecular complexity index is 632. The van der Waals surface area contributed by atoms with Gasteiger partial charge in [-0.25, -0.2) is 8.78 Å². The van der Waals surface area contributed by atoms with Gasteiger partial charge in [-0.3, -0.25) is 4.79 Å². The van der Waals surface area contributed by atoms with Crippen LogP contribution in [0.5, 0.6) is 0 Å². The Hall–Kier alpha value is -2.27. The smallest absolute Gasteiger partial charge is 0.224 e. The number of aliphatic hydroxyl groups excluding tert-OH is 1. The molecule has 0 saturated heterocycles. The highest BCUT2D eigenvalue weighted by molar-refractivity contribution is 5.78. The molecule has 116 valence electrons. The number of hydrogen-bond donors (Lipinski definition) is 2. The zero-order valence-corrected chi connectivity index (χ0v) is 11.9. The van der Waals surface area contributed by atoms with E-state index in [4.69, 9.17) is 0 Å². The molecule has 3 nitrogen and oxygen atoms in total. The van der Waals surface area contributed by atoms with E-state index < -0.39 is 17.7 Å². The van der Waals surface area contributed by atoms with Crippen LogP contribution >= 0.6 is 0 Å². The van der Waals surface area contributed by atoms with Gasteiger partial charge in [-0.1, -0.05) is 36.4 Å². The summed E-state index contributed by atoms with van der Waals surface area (Å²) in [7, 11) is 0. The summed E-state index contributed by atoms with van der Waals surface area (Å²) in [6.07, 6.45) is 0.434. The van der Waals surface area contributed by atoms with Crippen molar-refractivity contribution in [3.8, 4) is 0 Å². The minimum atomic E-state index is -0.978. The van der Waals surface area contributed by atoms with Crippen molar-refractivity contribution in [3.63, 3.8) is 0 Å². The molecule has 0 aliphatic heterocycles. The number of hydrogen-bond acceptors (Lipinski definition) is 2. The van der Waals surface area contributed by atoms with Crippen molar-refractivity contribution < 1.29 is 18.7 Å². The number of rotatable bonds is 6. The van der Waals surface area contributed by atoms with E-state index in [1.807, 2.05) is 30.3 Å². The molecule has 0 fully saturated rings. The predicted molar refractivity (Wildman–Crippen MR) is 79.2 cm³/mol. The molecule has 2 rings (SSSR count). The van der Waals surface area contributed by atoms with Gasteiger partial charge < -0.3 is 10.4 Å². The Balaban J connectivity index is 1.93. The summed E-state index contributed by atoms with van der Waals surface area (Å²) in [6.45, 7) is -0.196. The Morgan fingerprint density at radius 1 is 1.05 bits per heavy atom. The summed E-state index contributed by atoms with van der Waals surface area (Å²) in [5.41, 5.74) is 1.38. The lowest BCUT2D eigenvalue weighted by Crippen LogP contribution is -2.39. The number of halogens is 2. The van der Waals surface area contributed by atoms with Gasteiger partial charge in [-0.15, -0.1) is 0 Å². The monoisotopic (exact) mass is 305 g/mol. The Morgan fingerprint density at radius 2 is 1.77 bits per heavy atom. The molecule has 22 heavy (non-hydrogen) atoms. The van der Waals surface area contributed by atoms with Gasteiger partial charge in [0.25, 0.3) is 0 Å². The molecule has 0 bridgehead atoms. The molecule has 5 heteroatoms. The van der Waals surface area contributed by atoms with Gasteiger partial charge in [0.05, 0.1) is 19.1 Å². The van der Waals surface area contributed by atoms with Crippen molar-refractivity contribution in [2.75, 3.05) is 6.61 Å². The van der Waals surface area contributed by atoms with Crippen LogP contribution in [-0.2, 0) is 17.6 Å². The van der Waals surface area contributed by atoms with Crippen LogP contribution in [0.2, 0.25) is 0 Å². The van der Waals surface area contributed by atoms with E-state index >= 15 is 0 Å². The van der Waals surface area contributed by atoms with E-state index in [-0.39, 0.29) is 18.9 Å². The lowest BCUT2D eigenvalue weighted by molar-refractivity contribution is -0.121. The number of nitrogens with one attached hydrogen (secondary N) is 1. The van der Waals surface area contributed by atoms with Gasteiger partial charge in [-0.2, -0.15) is 0 Å². The third-order valence-electron chi connectivity index (χ3n) is 3.26. The molecule has 0 heterocycles. The topological polar surface area (TPSA) is 49.3 Å². The molecule has 1 unspecified atom stereocenters. The maximum absolute atomic E-state index is 13.1. The summed E-state index contributed by atoms with van der Waals surface area (Å²) in [5, 5.41) is 12.1. The van der Waals surface area contributed by atoms with Gasteiger partial charge in [0, 0.05) is 0 Å². The fourth-order valence-corrected chi connectivity index (χ4v) is 2.17. The molecule has 2 aromatic rings. The Kier molecular flexibility index (Phi) is 5.61. The highest BCUT2D eigenvalue weighted by Crippen LogP contribution is 2.09. The third-order valence-corrected chi connectivity index (χ3v) is 3.26. The van der Waals surface area contributed by atoms with Gasteiger partial charge >= 0.3 is 0 Å². The number of carbonyl (C=O) groups excluding carboxylic acids is 1. The number of benzene rings is 2. The van der Waals surface area contributed by atoms with Crippen LogP contribution in [0, 0.1) is 11.6 Å².